The molecule has 0 aromatic heterocycles. The van der Waals surface area contributed by atoms with E-state index in [1.54, 1.807) is 37.2 Å². The van der Waals surface area contributed by atoms with Gasteiger partial charge >= 0.3 is 0 Å². The first-order valence-electron chi connectivity index (χ1n) is 5.63. The molecule has 0 spiro atoms. The van der Waals surface area contributed by atoms with Crippen LogP contribution < -0.4 is 0 Å². The molecule has 0 unspecified atom stereocenters. The standard InChI is InChI=1S/C13H13FN2O2S/c1-15(2)8-16-12(17)11(19-13(16)18)7-9-5-3-4-6-10(9)14/h3-7H,8H2,1-2H3/b11-7+. The lowest BCUT2D eigenvalue weighted by atomic mass is 10.2. The Morgan fingerprint density at radius 3 is 2.63 bits per heavy atom. The second-order valence-electron chi connectivity index (χ2n) is 4.35. The fourth-order valence-electron chi connectivity index (χ4n) is 1.64. The van der Waals surface area contributed by atoms with Crippen LogP contribution in [0.25, 0.3) is 6.08 Å². The van der Waals surface area contributed by atoms with Gasteiger partial charge in [-0.25, -0.2) is 4.39 Å². The Balaban J connectivity index is 2.26. The maximum Gasteiger partial charge on any atom is 0.294 e. The van der Waals surface area contributed by atoms with Crippen LogP contribution in [0.1, 0.15) is 5.56 Å². The summed E-state index contributed by atoms with van der Waals surface area (Å²) in [5.74, 6) is -0.797. The highest BCUT2D eigenvalue weighted by atomic mass is 32.2. The second-order valence-corrected chi connectivity index (χ2v) is 5.35. The van der Waals surface area contributed by atoms with E-state index in [0.29, 0.717) is 5.56 Å². The molecule has 2 amide bonds. The number of benzene rings is 1. The van der Waals surface area contributed by atoms with E-state index < -0.39 is 5.82 Å². The third-order valence-electron chi connectivity index (χ3n) is 2.49. The number of nitrogens with zero attached hydrogens (tertiary/aromatic N) is 2. The molecule has 100 valence electrons. The molecule has 0 atom stereocenters. The number of thioether (sulfide) groups is 1. The normalized spacial score (nSPS) is 17.9. The number of amides is 2. The Kier molecular flexibility index (Phi) is 4.01. The highest BCUT2D eigenvalue weighted by Crippen LogP contribution is 2.32. The molecule has 0 aliphatic carbocycles. The summed E-state index contributed by atoms with van der Waals surface area (Å²) in [5.41, 5.74) is 0.304. The summed E-state index contributed by atoms with van der Waals surface area (Å²) in [6.07, 6.45) is 1.41. The Morgan fingerprint density at radius 2 is 2.00 bits per heavy atom. The van der Waals surface area contributed by atoms with Gasteiger partial charge in [-0.05, 0) is 38.0 Å². The lowest BCUT2D eigenvalue weighted by molar-refractivity contribution is -0.123. The minimum atomic E-state index is -0.415. The van der Waals surface area contributed by atoms with Gasteiger partial charge in [0.15, 0.2) is 0 Å². The molecule has 0 saturated carbocycles. The average molecular weight is 280 g/mol. The number of imide groups is 1. The molecule has 1 fully saturated rings. The predicted octanol–water partition coefficient (Wildman–Crippen LogP) is 2.38. The van der Waals surface area contributed by atoms with Gasteiger partial charge in [0.2, 0.25) is 0 Å². The van der Waals surface area contributed by atoms with Gasteiger partial charge < -0.3 is 0 Å². The van der Waals surface area contributed by atoms with Gasteiger partial charge in [-0.1, -0.05) is 18.2 Å². The fourth-order valence-corrected chi connectivity index (χ4v) is 2.46. The van der Waals surface area contributed by atoms with E-state index in [0.717, 1.165) is 16.7 Å². The van der Waals surface area contributed by atoms with Crippen LogP contribution in [0.15, 0.2) is 29.2 Å². The zero-order valence-corrected chi connectivity index (χ0v) is 11.4. The van der Waals surface area contributed by atoms with Crippen molar-refractivity contribution in [3.63, 3.8) is 0 Å². The quantitative estimate of drug-likeness (QED) is 0.797. The molecule has 1 aliphatic rings. The Morgan fingerprint density at radius 1 is 1.32 bits per heavy atom. The first-order chi connectivity index (χ1) is 8.99. The molecule has 19 heavy (non-hydrogen) atoms. The zero-order chi connectivity index (χ0) is 14.0. The highest BCUT2D eigenvalue weighted by molar-refractivity contribution is 8.18. The first kappa shape index (κ1) is 13.8. The Hall–Kier alpha value is -1.66. The first-order valence-corrected chi connectivity index (χ1v) is 6.45. The molecule has 1 saturated heterocycles. The molecule has 0 N–H and O–H groups in total. The summed E-state index contributed by atoms with van der Waals surface area (Å²) in [6, 6.07) is 6.13. The third-order valence-corrected chi connectivity index (χ3v) is 3.40. The maximum absolute atomic E-state index is 13.5. The summed E-state index contributed by atoms with van der Waals surface area (Å²) in [7, 11) is 3.54. The second kappa shape index (κ2) is 5.54. The van der Waals surface area contributed by atoms with Crippen molar-refractivity contribution in [3.05, 3.63) is 40.6 Å². The smallest absolute Gasteiger partial charge is 0.292 e. The van der Waals surface area contributed by atoms with Crippen LogP contribution in [-0.4, -0.2) is 41.7 Å². The van der Waals surface area contributed by atoms with Gasteiger partial charge in [-0.15, -0.1) is 0 Å². The van der Waals surface area contributed by atoms with E-state index in [1.165, 1.54) is 12.1 Å². The monoisotopic (exact) mass is 280 g/mol. The van der Waals surface area contributed by atoms with Crippen molar-refractivity contribution < 1.29 is 14.0 Å². The molecule has 1 heterocycles. The number of halogens is 1. The van der Waals surface area contributed by atoms with Gasteiger partial charge in [0.05, 0.1) is 11.6 Å². The summed E-state index contributed by atoms with van der Waals surface area (Å²) < 4.78 is 13.5. The summed E-state index contributed by atoms with van der Waals surface area (Å²) in [5, 5.41) is -0.332. The van der Waals surface area contributed by atoms with Crippen molar-refractivity contribution >= 4 is 29.0 Å². The van der Waals surface area contributed by atoms with E-state index in [-0.39, 0.29) is 22.7 Å². The van der Waals surface area contributed by atoms with Crippen LogP contribution in [-0.2, 0) is 4.79 Å². The zero-order valence-electron chi connectivity index (χ0n) is 10.6. The van der Waals surface area contributed by atoms with Crippen molar-refractivity contribution in [3.8, 4) is 0 Å². The Labute approximate surface area is 114 Å². The molecule has 0 bridgehead atoms. The van der Waals surface area contributed by atoms with Crippen molar-refractivity contribution in [1.29, 1.82) is 0 Å². The van der Waals surface area contributed by atoms with Crippen LogP contribution in [0, 0.1) is 5.82 Å². The molecule has 1 aromatic carbocycles. The maximum atomic E-state index is 13.5. The summed E-state index contributed by atoms with van der Waals surface area (Å²) in [4.78, 5) is 26.9. The van der Waals surface area contributed by atoms with Crippen LogP contribution in [0.5, 0.6) is 0 Å². The third kappa shape index (κ3) is 3.02. The van der Waals surface area contributed by atoms with E-state index in [2.05, 4.69) is 0 Å². The minimum Gasteiger partial charge on any atom is -0.292 e. The fraction of sp³-hybridized carbons (Fsp3) is 0.231. The van der Waals surface area contributed by atoms with Gasteiger partial charge in [-0.2, -0.15) is 0 Å². The van der Waals surface area contributed by atoms with Crippen LogP contribution in [0.3, 0.4) is 0 Å². The number of rotatable bonds is 3. The molecular formula is C13H13FN2O2S. The lowest BCUT2D eigenvalue weighted by Crippen LogP contribution is -2.36. The topological polar surface area (TPSA) is 40.6 Å². The van der Waals surface area contributed by atoms with Gasteiger partial charge in [0.25, 0.3) is 11.1 Å². The Bertz CT molecular complexity index is 557. The minimum absolute atomic E-state index is 0.222. The summed E-state index contributed by atoms with van der Waals surface area (Å²) in [6.45, 7) is 0.222. The number of carbonyl (C=O) groups excluding carboxylic acids is 2. The van der Waals surface area contributed by atoms with Crippen molar-refractivity contribution in [2.45, 2.75) is 0 Å². The van der Waals surface area contributed by atoms with Crippen LogP contribution >= 0.6 is 11.8 Å². The molecule has 4 nitrogen and oxygen atoms in total. The molecular weight excluding hydrogens is 267 g/mol. The molecule has 0 radical (unpaired) electrons. The average Bonchev–Trinajstić information content (AvgIpc) is 2.60. The number of carbonyl (C=O) groups is 2. The predicted molar refractivity (Wildman–Crippen MR) is 72.8 cm³/mol. The van der Waals surface area contributed by atoms with Gasteiger partial charge in [-0.3, -0.25) is 19.4 Å². The largest absolute Gasteiger partial charge is 0.294 e. The van der Waals surface area contributed by atoms with E-state index in [4.69, 9.17) is 0 Å². The van der Waals surface area contributed by atoms with E-state index in [9.17, 15) is 14.0 Å². The lowest BCUT2D eigenvalue weighted by Gasteiger charge is -2.17. The highest BCUT2D eigenvalue weighted by Gasteiger charge is 2.35. The number of hydrogen-bond donors (Lipinski definition) is 0. The van der Waals surface area contributed by atoms with Gasteiger partial charge in [0, 0.05) is 5.56 Å². The van der Waals surface area contributed by atoms with E-state index in [1.807, 2.05) is 0 Å². The van der Waals surface area contributed by atoms with Crippen molar-refractivity contribution in [2.24, 2.45) is 0 Å². The van der Waals surface area contributed by atoms with Crippen LogP contribution in [0.2, 0.25) is 0 Å². The molecule has 1 aliphatic heterocycles. The van der Waals surface area contributed by atoms with Crippen molar-refractivity contribution in [1.82, 2.24) is 9.80 Å². The SMILES string of the molecule is CN(C)CN1C(=O)S/C(=C/c2ccccc2F)C1=O. The van der Waals surface area contributed by atoms with E-state index >= 15 is 0 Å². The molecule has 6 heteroatoms. The van der Waals surface area contributed by atoms with Gasteiger partial charge in [0.1, 0.15) is 5.82 Å². The molecule has 2 rings (SSSR count). The summed E-state index contributed by atoms with van der Waals surface area (Å²) >= 11 is 0.833. The molecule has 1 aromatic rings. The number of hydrogen-bond acceptors (Lipinski definition) is 4. The van der Waals surface area contributed by atoms with Crippen molar-refractivity contribution in [2.75, 3.05) is 20.8 Å². The van der Waals surface area contributed by atoms with Crippen LogP contribution in [0.4, 0.5) is 9.18 Å².